The molecule has 0 atom stereocenters. The van der Waals surface area contributed by atoms with E-state index in [4.69, 9.17) is 0 Å². The molecule has 4 aromatic rings. The van der Waals surface area contributed by atoms with Crippen molar-refractivity contribution >= 4 is 51.6 Å². The molecular weight excluding hydrogens is 402 g/mol. The van der Waals surface area contributed by atoms with Gasteiger partial charge in [-0.1, -0.05) is 0 Å². The summed E-state index contributed by atoms with van der Waals surface area (Å²) >= 11 is 1.39. The Morgan fingerprint density at radius 1 is 1.07 bits per heavy atom. The quantitative estimate of drug-likeness (QED) is 0.230. The van der Waals surface area contributed by atoms with E-state index in [1.165, 1.54) is 18.7 Å². The third-order valence-electron chi connectivity index (χ3n) is 4.15. The maximum atomic E-state index is 11.2. The molecule has 4 rings (SSSR count). The SMILES string of the molecule is CC(=O)Nc1ccc(Sc2nc(Nc3cc(C)n[nH]3)c3ccc(NO)cc3n2)cc1. The van der Waals surface area contributed by atoms with Crippen molar-refractivity contribution in [1.29, 1.82) is 0 Å². The van der Waals surface area contributed by atoms with Gasteiger partial charge in [0.2, 0.25) is 5.91 Å². The van der Waals surface area contributed by atoms with Crippen molar-refractivity contribution in [2.75, 3.05) is 16.1 Å². The summed E-state index contributed by atoms with van der Waals surface area (Å²) in [6, 6.07) is 14.6. The van der Waals surface area contributed by atoms with E-state index >= 15 is 0 Å². The molecule has 0 fully saturated rings. The van der Waals surface area contributed by atoms with E-state index in [1.807, 2.05) is 43.3 Å². The lowest BCUT2D eigenvalue weighted by molar-refractivity contribution is -0.114. The number of aryl methyl sites for hydroxylation is 1. The zero-order valence-corrected chi connectivity index (χ0v) is 17.0. The lowest BCUT2D eigenvalue weighted by Gasteiger charge is -2.11. The Bertz CT molecular complexity index is 1210. The first-order chi connectivity index (χ1) is 14.5. The highest BCUT2D eigenvalue weighted by molar-refractivity contribution is 7.99. The number of anilines is 4. The fourth-order valence-electron chi connectivity index (χ4n) is 2.85. The molecule has 0 aliphatic rings. The van der Waals surface area contributed by atoms with E-state index in [0.717, 1.165) is 21.7 Å². The number of H-pyrrole nitrogens is 1. The van der Waals surface area contributed by atoms with Crippen molar-refractivity contribution in [3.05, 3.63) is 54.2 Å². The van der Waals surface area contributed by atoms with Crippen molar-refractivity contribution in [2.45, 2.75) is 23.9 Å². The van der Waals surface area contributed by atoms with Gasteiger partial charge < -0.3 is 10.6 Å². The number of nitrogens with one attached hydrogen (secondary N) is 4. The van der Waals surface area contributed by atoms with Gasteiger partial charge in [-0.3, -0.25) is 20.6 Å². The highest BCUT2D eigenvalue weighted by Crippen LogP contribution is 2.32. The number of aromatic amines is 1. The molecule has 30 heavy (non-hydrogen) atoms. The number of benzene rings is 2. The molecule has 0 radical (unpaired) electrons. The molecule has 5 N–H and O–H groups in total. The number of nitrogens with zero attached hydrogens (tertiary/aromatic N) is 3. The van der Waals surface area contributed by atoms with Gasteiger partial charge in [0.1, 0.15) is 11.6 Å². The summed E-state index contributed by atoms with van der Waals surface area (Å²) in [5, 5.41) is 23.6. The zero-order valence-electron chi connectivity index (χ0n) is 16.2. The van der Waals surface area contributed by atoms with Crippen LogP contribution in [-0.2, 0) is 4.79 Å². The minimum Gasteiger partial charge on any atom is -0.326 e. The smallest absolute Gasteiger partial charge is 0.221 e. The Morgan fingerprint density at radius 2 is 1.83 bits per heavy atom. The van der Waals surface area contributed by atoms with Gasteiger partial charge in [-0.05, 0) is 61.2 Å². The van der Waals surface area contributed by atoms with E-state index in [1.54, 1.807) is 12.1 Å². The first kappa shape index (κ1) is 19.7. The van der Waals surface area contributed by atoms with Gasteiger partial charge in [0.25, 0.3) is 0 Å². The summed E-state index contributed by atoms with van der Waals surface area (Å²) in [5.41, 5.74) is 4.92. The number of rotatable bonds is 6. The second kappa shape index (κ2) is 8.39. The third-order valence-corrected chi connectivity index (χ3v) is 5.02. The number of amides is 1. The minimum absolute atomic E-state index is 0.119. The lowest BCUT2D eigenvalue weighted by atomic mass is 10.2. The molecule has 0 bridgehead atoms. The Kier molecular flexibility index (Phi) is 5.50. The first-order valence-corrected chi connectivity index (χ1v) is 9.88. The van der Waals surface area contributed by atoms with Crippen molar-refractivity contribution in [3.63, 3.8) is 0 Å². The number of carbonyl (C=O) groups is 1. The van der Waals surface area contributed by atoms with Crippen LogP contribution in [0.5, 0.6) is 0 Å². The monoisotopic (exact) mass is 421 g/mol. The number of hydrogen-bond donors (Lipinski definition) is 5. The van der Waals surface area contributed by atoms with Crippen LogP contribution in [0.25, 0.3) is 10.9 Å². The van der Waals surface area contributed by atoms with Crippen LogP contribution in [0.1, 0.15) is 12.6 Å². The average molecular weight is 421 g/mol. The molecule has 0 unspecified atom stereocenters. The van der Waals surface area contributed by atoms with Crippen molar-refractivity contribution in [3.8, 4) is 0 Å². The molecule has 2 aromatic carbocycles. The molecule has 0 saturated carbocycles. The number of hydrogen-bond acceptors (Lipinski definition) is 8. The summed E-state index contributed by atoms with van der Waals surface area (Å²) in [4.78, 5) is 21.4. The largest absolute Gasteiger partial charge is 0.326 e. The fourth-order valence-corrected chi connectivity index (χ4v) is 3.61. The predicted molar refractivity (Wildman–Crippen MR) is 116 cm³/mol. The fraction of sp³-hybridized carbons (Fsp3) is 0.100. The maximum absolute atomic E-state index is 11.2. The number of aromatic nitrogens is 4. The van der Waals surface area contributed by atoms with Gasteiger partial charge >= 0.3 is 0 Å². The Labute approximate surface area is 176 Å². The maximum Gasteiger partial charge on any atom is 0.221 e. The summed E-state index contributed by atoms with van der Waals surface area (Å²) < 4.78 is 0. The summed E-state index contributed by atoms with van der Waals surface area (Å²) in [5.74, 6) is 1.21. The average Bonchev–Trinajstić information content (AvgIpc) is 3.13. The molecular formula is C20H19N7O2S. The molecule has 0 aliphatic carbocycles. The van der Waals surface area contributed by atoms with Crippen LogP contribution in [0.15, 0.2) is 58.6 Å². The van der Waals surface area contributed by atoms with Crippen LogP contribution in [0.3, 0.4) is 0 Å². The normalized spacial score (nSPS) is 10.8. The van der Waals surface area contributed by atoms with Gasteiger partial charge in [-0.15, -0.1) is 0 Å². The molecule has 0 spiro atoms. The van der Waals surface area contributed by atoms with Crippen LogP contribution in [-0.4, -0.2) is 31.3 Å². The van der Waals surface area contributed by atoms with E-state index in [2.05, 4.69) is 36.3 Å². The predicted octanol–water partition coefficient (Wildman–Crippen LogP) is 4.32. The molecule has 9 nitrogen and oxygen atoms in total. The Hall–Kier alpha value is -3.63. The van der Waals surface area contributed by atoms with Crippen molar-refractivity contribution in [2.24, 2.45) is 0 Å². The Morgan fingerprint density at radius 3 is 2.50 bits per heavy atom. The summed E-state index contributed by atoms with van der Waals surface area (Å²) in [6.07, 6.45) is 0. The van der Waals surface area contributed by atoms with Crippen LogP contribution in [0.4, 0.5) is 23.0 Å². The van der Waals surface area contributed by atoms with Gasteiger partial charge in [0, 0.05) is 29.0 Å². The Balaban J connectivity index is 1.69. The molecule has 152 valence electrons. The van der Waals surface area contributed by atoms with Crippen LogP contribution < -0.4 is 16.1 Å². The lowest BCUT2D eigenvalue weighted by Crippen LogP contribution is -2.05. The zero-order chi connectivity index (χ0) is 21.1. The van der Waals surface area contributed by atoms with Crippen molar-refractivity contribution in [1.82, 2.24) is 20.2 Å². The molecule has 0 saturated heterocycles. The van der Waals surface area contributed by atoms with Crippen LogP contribution >= 0.6 is 11.8 Å². The number of fused-ring (bicyclic) bond motifs is 1. The van der Waals surface area contributed by atoms with E-state index in [-0.39, 0.29) is 5.91 Å². The second-order valence-corrected chi connectivity index (χ2v) is 7.59. The van der Waals surface area contributed by atoms with Crippen molar-refractivity contribution < 1.29 is 10.0 Å². The van der Waals surface area contributed by atoms with Gasteiger partial charge in [-0.25, -0.2) is 9.97 Å². The first-order valence-electron chi connectivity index (χ1n) is 9.06. The topological polar surface area (TPSA) is 128 Å². The third kappa shape index (κ3) is 4.50. The number of carbonyl (C=O) groups excluding carboxylic acids is 1. The summed E-state index contributed by atoms with van der Waals surface area (Å²) in [7, 11) is 0. The molecule has 2 aromatic heterocycles. The highest BCUT2D eigenvalue weighted by atomic mass is 32.2. The van der Waals surface area contributed by atoms with Gasteiger partial charge in [-0.2, -0.15) is 5.10 Å². The van der Waals surface area contributed by atoms with Crippen LogP contribution in [0.2, 0.25) is 0 Å². The molecule has 1 amide bonds. The summed E-state index contributed by atoms with van der Waals surface area (Å²) in [6.45, 7) is 3.36. The van der Waals surface area contributed by atoms with Crippen LogP contribution in [0, 0.1) is 6.92 Å². The molecule has 10 heteroatoms. The second-order valence-electron chi connectivity index (χ2n) is 6.55. The van der Waals surface area contributed by atoms with Gasteiger partial charge in [0.15, 0.2) is 5.16 Å². The van der Waals surface area contributed by atoms with Gasteiger partial charge in [0.05, 0.1) is 16.9 Å². The van der Waals surface area contributed by atoms with E-state index in [9.17, 15) is 10.0 Å². The minimum atomic E-state index is -0.119. The molecule has 0 aliphatic heterocycles. The standard InChI is InChI=1S/C20H19N7O2S/c1-11-9-18(26-25-11)23-19-16-8-5-14(27-29)10-17(16)22-20(24-19)30-15-6-3-13(4-7-15)21-12(2)28/h3-10,27,29H,1-2H3,(H,21,28)(H2,22,23,24,25,26). The van der Waals surface area contributed by atoms with E-state index < -0.39 is 0 Å². The highest BCUT2D eigenvalue weighted by Gasteiger charge is 2.11. The molecule has 2 heterocycles. The van der Waals surface area contributed by atoms with E-state index in [0.29, 0.717) is 28.0 Å².